The van der Waals surface area contributed by atoms with E-state index in [9.17, 15) is 4.79 Å². The number of thiazole rings is 1. The molecule has 0 unspecified atom stereocenters. The number of rotatable bonds is 8. The van der Waals surface area contributed by atoms with Crippen LogP contribution in [0.1, 0.15) is 32.6 Å². The van der Waals surface area contributed by atoms with Crippen LogP contribution >= 0.6 is 11.3 Å². The molecule has 0 fully saturated rings. The number of carbonyl (C=O) groups excluding carboxylic acids is 1. The molecule has 148 valence electrons. The number of para-hydroxylation sites is 2. The van der Waals surface area contributed by atoms with Crippen molar-refractivity contribution in [3.63, 3.8) is 0 Å². The second-order valence-corrected chi connectivity index (χ2v) is 7.71. The Labute approximate surface area is 172 Å². The molecule has 0 radical (unpaired) electrons. The number of hydrogen-bond donors (Lipinski definition) is 3. The summed E-state index contributed by atoms with van der Waals surface area (Å²) >= 11 is 1.50. The second-order valence-electron chi connectivity index (χ2n) is 6.76. The molecule has 0 saturated heterocycles. The Morgan fingerprint density at radius 2 is 2.03 bits per heavy atom. The molecule has 7 nitrogen and oxygen atoms in total. The SMILES string of the molecule is Cc1ccc(CNC(=O)c2csc(CCNCc3nc4ccccc4[nH]3)n2)nc1. The van der Waals surface area contributed by atoms with E-state index in [1.54, 1.807) is 11.6 Å². The van der Waals surface area contributed by atoms with E-state index in [4.69, 9.17) is 0 Å². The number of imidazole rings is 1. The molecule has 4 aromatic rings. The molecule has 0 aliphatic heterocycles. The number of aryl methyl sites for hydroxylation is 1. The lowest BCUT2D eigenvalue weighted by Gasteiger charge is -2.03. The first-order chi connectivity index (χ1) is 14.2. The summed E-state index contributed by atoms with van der Waals surface area (Å²) in [5.41, 5.74) is 4.39. The minimum Gasteiger partial charge on any atom is -0.345 e. The third kappa shape index (κ3) is 5.04. The molecular formula is C21H22N6OS. The van der Waals surface area contributed by atoms with Gasteiger partial charge in [-0.2, -0.15) is 0 Å². The Morgan fingerprint density at radius 1 is 1.14 bits per heavy atom. The number of hydrogen-bond acceptors (Lipinski definition) is 6. The highest BCUT2D eigenvalue weighted by Gasteiger charge is 2.11. The summed E-state index contributed by atoms with van der Waals surface area (Å²) in [6.45, 7) is 3.80. The fraction of sp³-hybridized carbons (Fsp3) is 0.238. The maximum atomic E-state index is 12.3. The number of aromatic amines is 1. The zero-order valence-corrected chi connectivity index (χ0v) is 16.9. The van der Waals surface area contributed by atoms with E-state index in [-0.39, 0.29) is 5.91 Å². The number of pyridine rings is 1. The molecule has 1 amide bonds. The minimum absolute atomic E-state index is 0.176. The summed E-state index contributed by atoms with van der Waals surface area (Å²) < 4.78 is 0. The fourth-order valence-electron chi connectivity index (χ4n) is 2.89. The molecule has 0 bridgehead atoms. The van der Waals surface area contributed by atoms with Crippen molar-refractivity contribution in [1.82, 2.24) is 30.6 Å². The van der Waals surface area contributed by atoms with Crippen molar-refractivity contribution in [2.24, 2.45) is 0 Å². The number of aromatic nitrogens is 4. The molecule has 0 saturated carbocycles. The predicted octanol–water partition coefficient (Wildman–Crippen LogP) is 2.99. The van der Waals surface area contributed by atoms with Gasteiger partial charge in [-0.15, -0.1) is 11.3 Å². The average Bonchev–Trinajstić information content (AvgIpc) is 3.37. The van der Waals surface area contributed by atoms with Crippen molar-refractivity contribution in [2.45, 2.75) is 26.4 Å². The number of benzene rings is 1. The van der Waals surface area contributed by atoms with E-state index in [0.29, 0.717) is 18.8 Å². The molecule has 1 aromatic carbocycles. The molecule has 0 aliphatic rings. The lowest BCUT2D eigenvalue weighted by atomic mass is 10.3. The molecular weight excluding hydrogens is 384 g/mol. The molecule has 0 spiro atoms. The van der Waals surface area contributed by atoms with E-state index in [1.807, 2.05) is 43.3 Å². The van der Waals surface area contributed by atoms with Gasteiger partial charge >= 0.3 is 0 Å². The number of fused-ring (bicyclic) bond motifs is 1. The average molecular weight is 407 g/mol. The summed E-state index contributed by atoms with van der Waals surface area (Å²) in [6, 6.07) is 11.9. The quantitative estimate of drug-likeness (QED) is 0.391. The zero-order valence-electron chi connectivity index (χ0n) is 16.1. The first-order valence-corrected chi connectivity index (χ1v) is 10.3. The van der Waals surface area contributed by atoms with Crippen molar-refractivity contribution < 1.29 is 4.79 Å². The van der Waals surface area contributed by atoms with Crippen LogP contribution in [0.25, 0.3) is 11.0 Å². The highest BCUT2D eigenvalue weighted by atomic mass is 32.1. The Kier molecular flexibility index (Phi) is 5.92. The third-order valence-corrected chi connectivity index (χ3v) is 5.34. The Morgan fingerprint density at radius 3 is 2.86 bits per heavy atom. The van der Waals surface area contributed by atoms with Crippen molar-refractivity contribution in [3.8, 4) is 0 Å². The van der Waals surface area contributed by atoms with Crippen LogP contribution < -0.4 is 10.6 Å². The molecule has 3 aromatic heterocycles. The van der Waals surface area contributed by atoms with Gasteiger partial charge in [0.1, 0.15) is 11.5 Å². The van der Waals surface area contributed by atoms with Crippen LogP contribution in [0.15, 0.2) is 48.0 Å². The predicted molar refractivity (Wildman–Crippen MR) is 114 cm³/mol. The maximum absolute atomic E-state index is 12.3. The molecule has 29 heavy (non-hydrogen) atoms. The highest BCUT2D eigenvalue weighted by molar-refractivity contribution is 7.09. The van der Waals surface area contributed by atoms with Crippen molar-refractivity contribution in [3.05, 3.63) is 75.8 Å². The number of nitrogens with one attached hydrogen (secondary N) is 3. The van der Waals surface area contributed by atoms with E-state index >= 15 is 0 Å². The lowest BCUT2D eigenvalue weighted by molar-refractivity contribution is 0.0946. The molecule has 0 aliphatic carbocycles. The largest absolute Gasteiger partial charge is 0.345 e. The van der Waals surface area contributed by atoms with Gasteiger partial charge in [-0.25, -0.2) is 9.97 Å². The summed E-state index contributed by atoms with van der Waals surface area (Å²) in [5, 5.41) is 8.96. The third-order valence-electron chi connectivity index (χ3n) is 4.43. The van der Waals surface area contributed by atoms with Gasteiger partial charge in [0.25, 0.3) is 5.91 Å². The van der Waals surface area contributed by atoms with E-state index in [0.717, 1.165) is 46.1 Å². The summed E-state index contributed by atoms with van der Waals surface area (Å²) in [5.74, 6) is 0.736. The van der Waals surface area contributed by atoms with E-state index in [2.05, 4.69) is 30.6 Å². The van der Waals surface area contributed by atoms with Crippen LogP contribution in [0.2, 0.25) is 0 Å². The van der Waals surface area contributed by atoms with E-state index < -0.39 is 0 Å². The first kappa shape index (κ1) is 19.2. The normalized spacial score (nSPS) is 11.1. The second kappa shape index (κ2) is 8.93. The Balaban J connectivity index is 1.22. The molecule has 8 heteroatoms. The molecule has 4 rings (SSSR count). The Hall–Kier alpha value is -3.10. The standard InChI is InChI=1S/C21H22N6OS/c1-14-6-7-15(23-10-14)11-24-21(28)18-13-29-20(27-18)8-9-22-12-19-25-16-4-2-3-5-17(16)26-19/h2-7,10,13,22H,8-9,11-12H2,1H3,(H,24,28)(H,25,26). The van der Waals surface area contributed by atoms with Crippen LogP contribution in [-0.4, -0.2) is 32.4 Å². The van der Waals surface area contributed by atoms with Gasteiger partial charge in [0.2, 0.25) is 0 Å². The van der Waals surface area contributed by atoms with Gasteiger partial charge in [0, 0.05) is 24.5 Å². The molecule has 3 heterocycles. The van der Waals surface area contributed by atoms with Crippen LogP contribution in [0, 0.1) is 6.92 Å². The highest BCUT2D eigenvalue weighted by Crippen LogP contribution is 2.12. The first-order valence-electron chi connectivity index (χ1n) is 9.46. The van der Waals surface area contributed by atoms with Crippen LogP contribution in [0.3, 0.4) is 0 Å². The van der Waals surface area contributed by atoms with Crippen molar-refractivity contribution in [2.75, 3.05) is 6.54 Å². The van der Waals surface area contributed by atoms with Gasteiger partial charge in [-0.3, -0.25) is 9.78 Å². The fourth-order valence-corrected chi connectivity index (χ4v) is 3.66. The van der Waals surface area contributed by atoms with Crippen molar-refractivity contribution >= 4 is 28.3 Å². The number of amides is 1. The van der Waals surface area contributed by atoms with Gasteiger partial charge in [0.15, 0.2) is 0 Å². The molecule has 3 N–H and O–H groups in total. The summed E-state index contributed by atoms with van der Waals surface area (Å²) in [6.07, 6.45) is 2.55. The van der Waals surface area contributed by atoms with Crippen LogP contribution in [-0.2, 0) is 19.5 Å². The van der Waals surface area contributed by atoms with Crippen LogP contribution in [0.5, 0.6) is 0 Å². The lowest BCUT2D eigenvalue weighted by Crippen LogP contribution is -2.23. The molecule has 0 atom stereocenters. The summed E-state index contributed by atoms with van der Waals surface area (Å²) in [7, 11) is 0. The summed E-state index contributed by atoms with van der Waals surface area (Å²) in [4.78, 5) is 28.8. The maximum Gasteiger partial charge on any atom is 0.271 e. The Bertz CT molecular complexity index is 1070. The zero-order chi connectivity index (χ0) is 20.1. The van der Waals surface area contributed by atoms with Gasteiger partial charge in [-0.1, -0.05) is 18.2 Å². The number of H-pyrrole nitrogens is 1. The number of nitrogens with zero attached hydrogens (tertiary/aromatic N) is 3. The monoisotopic (exact) mass is 406 g/mol. The van der Waals surface area contributed by atoms with Crippen LogP contribution in [0.4, 0.5) is 0 Å². The topological polar surface area (TPSA) is 95.6 Å². The van der Waals surface area contributed by atoms with Crippen molar-refractivity contribution in [1.29, 1.82) is 0 Å². The van der Waals surface area contributed by atoms with Gasteiger partial charge < -0.3 is 15.6 Å². The van der Waals surface area contributed by atoms with E-state index in [1.165, 1.54) is 11.3 Å². The number of carbonyl (C=O) groups is 1. The van der Waals surface area contributed by atoms with Gasteiger partial charge in [-0.05, 0) is 30.7 Å². The smallest absolute Gasteiger partial charge is 0.271 e. The minimum atomic E-state index is -0.176. The van der Waals surface area contributed by atoms with Gasteiger partial charge in [0.05, 0.1) is 34.8 Å².